The molecule has 1 aliphatic heterocycles. The molecule has 0 radical (unpaired) electrons. The Bertz CT molecular complexity index is 534. The van der Waals surface area contributed by atoms with Crippen molar-refractivity contribution in [2.75, 3.05) is 26.2 Å². The molecule has 0 unspecified atom stereocenters. The Balaban J connectivity index is 0.00000220. The van der Waals surface area contributed by atoms with Crippen LogP contribution in [0.3, 0.4) is 0 Å². The highest BCUT2D eigenvalue weighted by Gasteiger charge is 2.33. The predicted molar refractivity (Wildman–Crippen MR) is 80.5 cm³/mol. The lowest BCUT2D eigenvalue weighted by atomic mass is 10.0. The SMILES string of the molecule is Cl.Cl.N#Cc1cc(F)c(O)c([C@H](C(F)F)N2CCNCC2)c1. The number of hydrogen-bond acceptors (Lipinski definition) is 4. The van der Waals surface area contributed by atoms with Crippen LogP contribution < -0.4 is 5.32 Å². The molecule has 4 nitrogen and oxygen atoms in total. The van der Waals surface area contributed by atoms with Crippen molar-refractivity contribution in [3.8, 4) is 11.8 Å². The number of rotatable bonds is 3. The molecule has 2 N–H and O–H groups in total. The van der Waals surface area contributed by atoms with E-state index in [2.05, 4.69) is 5.32 Å². The van der Waals surface area contributed by atoms with Crippen LogP contribution in [0.5, 0.6) is 5.75 Å². The van der Waals surface area contributed by atoms with E-state index in [9.17, 15) is 18.3 Å². The molecule has 2 rings (SSSR count). The molecule has 124 valence electrons. The highest BCUT2D eigenvalue weighted by atomic mass is 35.5. The van der Waals surface area contributed by atoms with Crippen LogP contribution in [0.2, 0.25) is 0 Å². The number of alkyl halides is 2. The van der Waals surface area contributed by atoms with Gasteiger partial charge in [0, 0.05) is 31.7 Å². The first-order valence-corrected chi connectivity index (χ1v) is 6.20. The first-order chi connectivity index (χ1) is 9.54. The van der Waals surface area contributed by atoms with Crippen LogP contribution in [0.15, 0.2) is 12.1 Å². The predicted octanol–water partition coefficient (Wildman–Crippen LogP) is 2.46. The fraction of sp³-hybridized carbons (Fsp3) is 0.462. The Hall–Kier alpha value is -1.20. The van der Waals surface area contributed by atoms with E-state index in [1.54, 1.807) is 6.07 Å². The smallest absolute Gasteiger partial charge is 0.258 e. The molecule has 0 bridgehead atoms. The molecule has 1 aliphatic rings. The molecule has 1 atom stereocenters. The van der Waals surface area contributed by atoms with Gasteiger partial charge in [0.15, 0.2) is 11.6 Å². The van der Waals surface area contributed by atoms with Gasteiger partial charge in [0.2, 0.25) is 0 Å². The van der Waals surface area contributed by atoms with Crippen molar-refractivity contribution in [1.82, 2.24) is 10.2 Å². The van der Waals surface area contributed by atoms with Crippen molar-refractivity contribution in [2.45, 2.75) is 12.5 Å². The lowest BCUT2D eigenvalue weighted by Crippen LogP contribution is -2.47. The second-order valence-electron chi connectivity index (χ2n) is 4.57. The van der Waals surface area contributed by atoms with Crippen LogP contribution in [-0.4, -0.2) is 42.6 Å². The van der Waals surface area contributed by atoms with Crippen molar-refractivity contribution in [1.29, 1.82) is 5.26 Å². The zero-order chi connectivity index (χ0) is 14.7. The lowest BCUT2D eigenvalue weighted by Gasteiger charge is -2.34. The second kappa shape index (κ2) is 9.06. The summed E-state index contributed by atoms with van der Waals surface area (Å²) in [7, 11) is 0. The number of nitrogens with zero attached hydrogens (tertiary/aromatic N) is 2. The number of nitriles is 1. The highest BCUT2D eigenvalue weighted by molar-refractivity contribution is 5.85. The Morgan fingerprint density at radius 2 is 1.82 bits per heavy atom. The minimum atomic E-state index is -2.78. The van der Waals surface area contributed by atoms with E-state index in [1.807, 2.05) is 0 Å². The average molecular weight is 358 g/mol. The molecule has 0 saturated carbocycles. The molecule has 0 aromatic heterocycles. The maximum atomic E-state index is 13.5. The molecule has 22 heavy (non-hydrogen) atoms. The number of hydrogen-bond donors (Lipinski definition) is 2. The maximum absolute atomic E-state index is 13.5. The van der Waals surface area contributed by atoms with Gasteiger partial charge in [-0.1, -0.05) is 0 Å². The largest absolute Gasteiger partial charge is 0.505 e. The number of aromatic hydroxyl groups is 1. The second-order valence-corrected chi connectivity index (χ2v) is 4.57. The van der Waals surface area contributed by atoms with Gasteiger partial charge in [-0.2, -0.15) is 5.26 Å². The summed E-state index contributed by atoms with van der Waals surface area (Å²) >= 11 is 0. The Morgan fingerprint density at radius 1 is 1.23 bits per heavy atom. The third-order valence-electron chi connectivity index (χ3n) is 3.32. The monoisotopic (exact) mass is 357 g/mol. The average Bonchev–Trinajstić information content (AvgIpc) is 2.44. The highest BCUT2D eigenvalue weighted by Crippen LogP contribution is 2.35. The Labute approximate surface area is 138 Å². The molecule has 9 heteroatoms. The molecular formula is C13H16Cl2F3N3O. The van der Waals surface area contributed by atoms with Gasteiger partial charge in [0.25, 0.3) is 6.43 Å². The van der Waals surface area contributed by atoms with Crippen molar-refractivity contribution >= 4 is 24.8 Å². The summed E-state index contributed by atoms with van der Waals surface area (Å²) in [6.07, 6.45) is -2.78. The van der Waals surface area contributed by atoms with E-state index in [0.29, 0.717) is 26.2 Å². The Morgan fingerprint density at radius 3 is 2.32 bits per heavy atom. The fourth-order valence-electron chi connectivity index (χ4n) is 2.36. The van der Waals surface area contributed by atoms with E-state index in [-0.39, 0.29) is 35.9 Å². The number of piperazine rings is 1. The summed E-state index contributed by atoms with van der Waals surface area (Å²) in [5.41, 5.74) is -0.325. The van der Waals surface area contributed by atoms with Crippen molar-refractivity contribution in [3.63, 3.8) is 0 Å². The third-order valence-corrected chi connectivity index (χ3v) is 3.32. The molecule has 1 saturated heterocycles. The molecule has 0 spiro atoms. The number of phenols is 1. The number of halogens is 5. The summed E-state index contributed by atoms with van der Waals surface area (Å²) in [5, 5.41) is 21.5. The van der Waals surface area contributed by atoms with E-state index in [0.717, 1.165) is 12.1 Å². The number of nitrogens with one attached hydrogen (secondary N) is 1. The van der Waals surface area contributed by atoms with E-state index >= 15 is 0 Å². The van der Waals surface area contributed by atoms with Gasteiger partial charge in [0.05, 0.1) is 11.6 Å². The van der Waals surface area contributed by atoms with Crippen LogP contribution in [0, 0.1) is 17.1 Å². The maximum Gasteiger partial charge on any atom is 0.258 e. The topological polar surface area (TPSA) is 59.3 Å². The zero-order valence-electron chi connectivity index (χ0n) is 11.4. The quantitative estimate of drug-likeness (QED) is 0.872. The third kappa shape index (κ3) is 4.40. The van der Waals surface area contributed by atoms with Crippen molar-refractivity contribution in [3.05, 3.63) is 29.1 Å². The van der Waals surface area contributed by atoms with Gasteiger partial charge in [0.1, 0.15) is 6.04 Å². The molecule has 1 fully saturated rings. The fourth-order valence-corrected chi connectivity index (χ4v) is 2.36. The summed E-state index contributed by atoms with van der Waals surface area (Å²) in [5.74, 6) is -1.87. The minimum Gasteiger partial charge on any atom is -0.505 e. The minimum absolute atomic E-state index is 0. The normalized spacial score (nSPS) is 16.3. The first-order valence-electron chi connectivity index (χ1n) is 6.20. The molecule has 1 heterocycles. The van der Waals surface area contributed by atoms with Crippen molar-refractivity contribution in [2.24, 2.45) is 0 Å². The van der Waals surface area contributed by atoms with Gasteiger partial charge in [-0.25, -0.2) is 13.2 Å². The van der Waals surface area contributed by atoms with Crippen LogP contribution in [-0.2, 0) is 0 Å². The first kappa shape index (κ1) is 20.8. The number of phenolic OH excluding ortho intramolecular Hbond substituents is 1. The van der Waals surface area contributed by atoms with Gasteiger partial charge in [-0.05, 0) is 12.1 Å². The van der Waals surface area contributed by atoms with Crippen molar-refractivity contribution < 1.29 is 18.3 Å². The van der Waals surface area contributed by atoms with Gasteiger partial charge in [-0.3, -0.25) is 4.90 Å². The summed E-state index contributed by atoms with van der Waals surface area (Å²) in [4.78, 5) is 1.48. The van der Waals surface area contributed by atoms with E-state index in [4.69, 9.17) is 5.26 Å². The van der Waals surface area contributed by atoms with Crippen LogP contribution in [0.4, 0.5) is 13.2 Å². The standard InChI is InChI=1S/C13H14F3N3O.2ClH/c14-10-6-8(7-17)5-9(12(10)20)11(13(15)16)19-3-1-18-2-4-19;;/h5-6,11,13,18,20H,1-4H2;2*1H/t11-;;/m1../s1. The number of benzene rings is 1. The van der Waals surface area contributed by atoms with Crippen LogP contribution >= 0.6 is 24.8 Å². The molecule has 0 amide bonds. The molecule has 0 aliphatic carbocycles. The van der Waals surface area contributed by atoms with Gasteiger partial charge >= 0.3 is 0 Å². The Kier molecular flexibility index (Phi) is 8.56. The van der Waals surface area contributed by atoms with Gasteiger partial charge < -0.3 is 10.4 Å². The molecule has 1 aromatic carbocycles. The van der Waals surface area contributed by atoms with Crippen LogP contribution in [0.25, 0.3) is 0 Å². The summed E-state index contributed by atoms with van der Waals surface area (Å²) in [6, 6.07) is 2.24. The summed E-state index contributed by atoms with van der Waals surface area (Å²) < 4.78 is 40.2. The van der Waals surface area contributed by atoms with E-state index in [1.165, 1.54) is 4.90 Å². The van der Waals surface area contributed by atoms with E-state index < -0.39 is 24.0 Å². The zero-order valence-corrected chi connectivity index (χ0v) is 13.1. The lowest BCUT2D eigenvalue weighted by molar-refractivity contribution is 0.0168. The molecule has 1 aromatic rings. The van der Waals surface area contributed by atoms with Gasteiger partial charge in [-0.15, -0.1) is 24.8 Å². The molecular weight excluding hydrogens is 342 g/mol. The van der Waals surface area contributed by atoms with Crippen LogP contribution in [0.1, 0.15) is 17.2 Å². The summed E-state index contributed by atoms with van der Waals surface area (Å²) in [6.45, 7) is 1.83.